The van der Waals surface area contributed by atoms with Gasteiger partial charge in [-0.2, -0.15) is 0 Å². The zero-order chi connectivity index (χ0) is 9.14. The minimum atomic E-state index is -1.17. The lowest BCUT2D eigenvalue weighted by Crippen LogP contribution is -2.00. The Morgan fingerprint density at radius 3 is 3.00 bits per heavy atom. The van der Waals surface area contributed by atoms with Crippen molar-refractivity contribution in [3.63, 3.8) is 0 Å². The smallest absolute Gasteiger partial charge is 0.342 e. The second-order valence-electron chi connectivity index (χ2n) is 2.01. The molecule has 1 aromatic heterocycles. The van der Waals surface area contributed by atoms with Gasteiger partial charge in [0.1, 0.15) is 12.2 Å². The number of nitrogens with zero attached hydrogens (tertiary/aromatic N) is 1. The number of hydrogen-bond acceptors (Lipinski definition) is 4. The lowest BCUT2D eigenvalue weighted by molar-refractivity contribution is 0.0688. The van der Waals surface area contributed by atoms with Crippen LogP contribution in [0.5, 0.6) is 0 Å². The van der Waals surface area contributed by atoms with Crippen molar-refractivity contribution in [2.75, 3.05) is 7.11 Å². The van der Waals surface area contributed by atoms with Crippen molar-refractivity contribution in [2.45, 2.75) is 6.61 Å². The molecule has 1 N–H and O–H groups in total. The normalized spacial score (nSPS) is 10.2. The Hall–Kier alpha value is -1.07. The molecule has 1 aromatic rings. The first-order chi connectivity index (χ1) is 5.66. The summed E-state index contributed by atoms with van der Waals surface area (Å²) in [5, 5.41) is 11.8. The Labute approximate surface area is 72.9 Å². The summed E-state index contributed by atoms with van der Waals surface area (Å²) >= 11 is 5.43. The molecule has 0 bridgehead atoms. The van der Waals surface area contributed by atoms with Crippen molar-refractivity contribution < 1.29 is 19.2 Å². The second-order valence-corrected chi connectivity index (χ2v) is 2.37. The molecule has 0 radical (unpaired) electrons. The number of halogens is 1. The van der Waals surface area contributed by atoms with Crippen LogP contribution in [-0.2, 0) is 11.3 Å². The van der Waals surface area contributed by atoms with Gasteiger partial charge in [0.15, 0.2) is 10.9 Å². The highest BCUT2D eigenvalue weighted by Crippen LogP contribution is 2.19. The van der Waals surface area contributed by atoms with Crippen molar-refractivity contribution in [3.05, 3.63) is 16.5 Å². The van der Waals surface area contributed by atoms with E-state index in [1.54, 1.807) is 0 Å². The molecule has 0 aliphatic carbocycles. The predicted octanol–water partition coefficient (Wildman–Crippen LogP) is 1.17. The summed E-state index contributed by atoms with van der Waals surface area (Å²) in [6.45, 7) is 0.0430. The third-order valence-electron chi connectivity index (χ3n) is 1.21. The first kappa shape index (κ1) is 9.02. The van der Waals surface area contributed by atoms with E-state index in [2.05, 4.69) is 14.4 Å². The van der Waals surface area contributed by atoms with Crippen LogP contribution in [0.1, 0.15) is 16.1 Å². The molecule has 0 amide bonds. The second kappa shape index (κ2) is 3.55. The molecule has 0 aliphatic heterocycles. The molecule has 0 spiro atoms. The van der Waals surface area contributed by atoms with Crippen LogP contribution in [0.4, 0.5) is 0 Å². The van der Waals surface area contributed by atoms with Gasteiger partial charge in [-0.1, -0.05) is 16.8 Å². The van der Waals surface area contributed by atoms with Gasteiger partial charge in [0.25, 0.3) is 0 Å². The van der Waals surface area contributed by atoms with Crippen LogP contribution in [0.15, 0.2) is 4.52 Å². The van der Waals surface area contributed by atoms with Crippen LogP contribution in [0, 0.1) is 0 Å². The van der Waals surface area contributed by atoms with Crippen LogP contribution < -0.4 is 0 Å². The lowest BCUT2D eigenvalue weighted by Gasteiger charge is -1.93. The SMILES string of the molecule is COCc1onc(Cl)c1C(=O)O. The molecule has 0 saturated heterocycles. The molecular formula is C6H6ClNO4. The summed E-state index contributed by atoms with van der Waals surface area (Å²) in [6, 6.07) is 0. The fraction of sp³-hybridized carbons (Fsp3) is 0.333. The summed E-state index contributed by atoms with van der Waals surface area (Å²) in [5.74, 6) is -1.05. The number of aromatic nitrogens is 1. The number of rotatable bonds is 3. The van der Waals surface area contributed by atoms with E-state index in [1.165, 1.54) is 7.11 Å². The van der Waals surface area contributed by atoms with Gasteiger partial charge in [-0.25, -0.2) is 4.79 Å². The number of ether oxygens (including phenoxy) is 1. The van der Waals surface area contributed by atoms with Crippen LogP contribution >= 0.6 is 11.6 Å². The van der Waals surface area contributed by atoms with Gasteiger partial charge in [0.05, 0.1) is 0 Å². The maximum absolute atomic E-state index is 10.5. The maximum atomic E-state index is 10.5. The molecule has 66 valence electrons. The van der Waals surface area contributed by atoms with Crippen molar-refractivity contribution in [1.82, 2.24) is 5.16 Å². The van der Waals surface area contributed by atoms with E-state index in [0.29, 0.717) is 0 Å². The molecule has 5 nitrogen and oxygen atoms in total. The van der Waals surface area contributed by atoms with E-state index in [4.69, 9.17) is 16.7 Å². The van der Waals surface area contributed by atoms with Crippen molar-refractivity contribution in [3.8, 4) is 0 Å². The molecule has 12 heavy (non-hydrogen) atoms. The van der Waals surface area contributed by atoms with Crippen LogP contribution in [-0.4, -0.2) is 23.3 Å². The number of hydrogen-bond donors (Lipinski definition) is 1. The van der Waals surface area contributed by atoms with Crippen molar-refractivity contribution in [1.29, 1.82) is 0 Å². The molecule has 0 fully saturated rings. The van der Waals surface area contributed by atoms with Crippen LogP contribution in [0.3, 0.4) is 0 Å². The monoisotopic (exact) mass is 191 g/mol. The van der Waals surface area contributed by atoms with Gasteiger partial charge in [-0.05, 0) is 0 Å². The van der Waals surface area contributed by atoms with E-state index < -0.39 is 5.97 Å². The van der Waals surface area contributed by atoms with E-state index in [0.717, 1.165) is 0 Å². The average Bonchev–Trinajstić information content (AvgIpc) is 2.32. The zero-order valence-corrected chi connectivity index (χ0v) is 6.96. The van der Waals surface area contributed by atoms with Gasteiger partial charge in [-0.15, -0.1) is 0 Å². The minimum absolute atomic E-state index is 0.0430. The maximum Gasteiger partial charge on any atom is 0.342 e. The molecule has 0 saturated carbocycles. The predicted molar refractivity (Wildman–Crippen MR) is 39.2 cm³/mol. The van der Waals surface area contributed by atoms with E-state index in [-0.39, 0.29) is 23.1 Å². The van der Waals surface area contributed by atoms with Crippen LogP contribution in [0.2, 0.25) is 5.15 Å². The first-order valence-electron chi connectivity index (χ1n) is 3.03. The Morgan fingerprint density at radius 1 is 1.83 bits per heavy atom. The van der Waals surface area contributed by atoms with Gasteiger partial charge >= 0.3 is 5.97 Å². The molecule has 6 heteroatoms. The summed E-state index contributed by atoms with van der Waals surface area (Å²) in [7, 11) is 1.42. The molecule has 1 heterocycles. The molecule has 1 rings (SSSR count). The Morgan fingerprint density at radius 2 is 2.50 bits per heavy atom. The van der Waals surface area contributed by atoms with Gasteiger partial charge in [-0.3, -0.25) is 0 Å². The fourth-order valence-electron chi connectivity index (χ4n) is 0.739. The van der Waals surface area contributed by atoms with E-state index >= 15 is 0 Å². The summed E-state index contributed by atoms with van der Waals surface area (Å²) in [5.41, 5.74) is -0.140. The number of carbonyl (C=O) groups is 1. The van der Waals surface area contributed by atoms with Gasteiger partial charge < -0.3 is 14.4 Å². The Bertz CT molecular complexity index is 296. The molecular weight excluding hydrogens is 186 g/mol. The van der Waals surface area contributed by atoms with Crippen LogP contribution in [0.25, 0.3) is 0 Å². The molecule has 0 atom stereocenters. The third-order valence-corrected chi connectivity index (χ3v) is 1.47. The average molecular weight is 192 g/mol. The standard InChI is InChI=1S/C6H6ClNO4/c1-11-2-3-4(6(9)10)5(7)8-12-3/h2H2,1H3,(H,9,10). The number of aromatic carboxylic acids is 1. The summed E-state index contributed by atoms with van der Waals surface area (Å²) in [4.78, 5) is 10.5. The fourth-order valence-corrected chi connectivity index (χ4v) is 0.959. The number of carboxylic acid groups (broad SMARTS) is 1. The Kier molecular flexibility index (Phi) is 2.67. The molecule has 0 unspecified atom stereocenters. The zero-order valence-electron chi connectivity index (χ0n) is 6.20. The highest BCUT2D eigenvalue weighted by molar-refractivity contribution is 6.32. The topological polar surface area (TPSA) is 72.6 Å². The largest absolute Gasteiger partial charge is 0.477 e. The lowest BCUT2D eigenvalue weighted by atomic mass is 10.3. The number of carboxylic acids is 1. The number of methoxy groups -OCH3 is 1. The molecule has 0 aromatic carbocycles. The van der Waals surface area contributed by atoms with E-state index in [9.17, 15) is 4.79 Å². The molecule has 0 aliphatic rings. The van der Waals surface area contributed by atoms with E-state index in [1.807, 2.05) is 0 Å². The minimum Gasteiger partial charge on any atom is -0.477 e. The quantitative estimate of drug-likeness (QED) is 0.777. The summed E-state index contributed by atoms with van der Waals surface area (Å²) in [6.07, 6.45) is 0. The summed E-state index contributed by atoms with van der Waals surface area (Å²) < 4.78 is 9.29. The third kappa shape index (κ3) is 1.57. The highest BCUT2D eigenvalue weighted by Gasteiger charge is 2.20. The van der Waals surface area contributed by atoms with Gasteiger partial charge in [0, 0.05) is 7.11 Å². The highest BCUT2D eigenvalue weighted by atomic mass is 35.5. The van der Waals surface area contributed by atoms with Crippen molar-refractivity contribution in [2.24, 2.45) is 0 Å². The van der Waals surface area contributed by atoms with Crippen molar-refractivity contribution >= 4 is 17.6 Å². The first-order valence-corrected chi connectivity index (χ1v) is 3.41. The Balaban J connectivity index is 3.04. The van der Waals surface area contributed by atoms with Gasteiger partial charge in [0.2, 0.25) is 0 Å².